The van der Waals surface area contributed by atoms with Gasteiger partial charge in [-0.05, 0) is 32.3 Å². The van der Waals surface area contributed by atoms with Crippen molar-refractivity contribution in [1.82, 2.24) is 4.90 Å². The normalized spacial score (nSPS) is 19.1. The molecule has 1 saturated heterocycles. The Hall–Kier alpha value is -1.82. The first-order chi connectivity index (χ1) is 9.54. The summed E-state index contributed by atoms with van der Waals surface area (Å²) in [6, 6.07) is 0.894. The number of likely N-dealkylation sites (tertiary alicyclic amines) is 1. The third-order valence-electron chi connectivity index (χ3n) is 3.53. The predicted molar refractivity (Wildman–Crippen MR) is 70.5 cm³/mol. The highest BCUT2D eigenvalue weighted by Gasteiger charge is 2.33. The van der Waals surface area contributed by atoms with Gasteiger partial charge < -0.3 is 19.2 Å². The fourth-order valence-corrected chi connectivity index (χ4v) is 2.56. The molecule has 1 aliphatic heterocycles. The fraction of sp³-hybridized carbons (Fsp3) is 0.571. The van der Waals surface area contributed by atoms with Gasteiger partial charge >= 0.3 is 5.97 Å². The molecule has 1 atom stereocenters. The molecule has 20 heavy (non-hydrogen) atoms. The number of amides is 1. The van der Waals surface area contributed by atoms with Gasteiger partial charge in [0.05, 0.1) is 5.56 Å². The second kappa shape index (κ2) is 6.09. The number of carbonyl (C=O) groups is 2. The molecule has 1 aliphatic rings. The average Bonchev–Trinajstić information content (AvgIpc) is 2.79. The van der Waals surface area contributed by atoms with Gasteiger partial charge in [0.15, 0.2) is 0 Å². The summed E-state index contributed by atoms with van der Waals surface area (Å²) in [7, 11) is 1.55. The number of carboxylic acids is 1. The standard InChI is InChI=1S/C14H19NO5/c1-9-11(7-10(20-9)8-19-2)13(16)15-6-4-3-5-12(15)14(17)18/h7,12H,3-6,8H2,1-2H3,(H,17,18)/t12-/m0/s1. The molecule has 6 heteroatoms. The SMILES string of the molecule is COCc1cc(C(=O)N2CCCC[C@H]2C(=O)O)c(C)o1. The van der Waals surface area contributed by atoms with Crippen LogP contribution in [0.25, 0.3) is 0 Å². The smallest absolute Gasteiger partial charge is 0.326 e. The fourth-order valence-electron chi connectivity index (χ4n) is 2.56. The molecule has 110 valence electrons. The number of methoxy groups -OCH3 is 1. The Morgan fingerprint density at radius 1 is 1.50 bits per heavy atom. The van der Waals surface area contributed by atoms with E-state index in [4.69, 9.17) is 9.15 Å². The van der Waals surface area contributed by atoms with Crippen LogP contribution in [0.1, 0.15) is 41.1 Å². The zero-order valence-electron chi connectivity index (χ0n) is 11.7. The average molecular weight is 281 g/mol. The van der Waals surface area contributed by atoms with E-state index in [2.05, 4.69) is 0 Å². The molecule has 0 radical (unpaired) electrons. The van der Waals surface area contributed by atoms with E-state index in [0.717, 1.165) is 12.8 Å². The lowest BCUT2D eigenvalue weighted by Crippen LogP contribution is -2.48. The summed E-state index contributed by atoms with van der Waals surface area (Å²) in [5.74, 6) is -0.161. The molecule has 0 aromatic carbocycles. The highest BCUT2D eigenvalue weighted by Crippen LogP contribution is 2.23. The van der Waals surface area contributed by atoms with E-state index in [9.17, 15) is 14.7 Å². The van der Waals surface area contributed by atoms with Crippen molar-refractivity contribution in [2.45, 2.75) is 38.8 Å². The molecule has 2 heterocycles. The first kappa shape index (κ1) is 14.6. The van der Waals surface area contributed by atoms with Crippen LogP contribution >= 0.6 is 0 Å². The number of ether oxygens (including phenoxy) is 1. The molecule has 1 N–H and O–H groups in total. The van der Waals surface area contributed by atoms with Crippen LogP contribution < -0.4 is 0 Å². The minimum absolute atomic E-state index is 0.277. The number of hydrogen-bond acceptors (Lipinski definition) is 4. The zero-order valence-corrected chi connectivity index (χ0v) is 11.7. The predicted octanol–water partition coefficient (Wildman–Crippen LogP) is 1.81. The number of piperidine rings is 1. The monoisotopic (exact) mass is 281 g/mol. The van der Waals surface area contributed by atoms with Crippen LogP contribution in [0.3, 0.4) is 0 Å². The van der Waals surface area contributed by atoms with Crippen LogP contribution in [0, 0.1) is 6.92 Å². The second-order valence-corrected chi connectivity index (χ2v) is 4.96. The molecule has 0 aliphatic carbocycles. The Morgan fingerprint density at radius 3 is 2.90 bits per heavy atom. The van der Waals surface area contributed by atoms with Crippen LogP contribution in [-0.4, -0.2) is 41.6 Å². The van der Waals surface area contributed by atoms with Gasteiger partial charge in [-0.25, -0.2) is 4.79 Å². The molecule has 1 aromatic heterocycles. The third-order valence-corrected chi connectivity index (χ3v) is 3.53. The van der Waals surface area contributed by atoms with Crippen molar-refractivity contribution in [3.63, 3.8) is 0 Å². The van der Waals surface area contributed by atoms with Crippen molar-refractivity contribution in [2.75, 3.05) is 13.7 Å². The summed E-state index contributed by atoms with van der Waals surface area (Å²) in [4.78, 5) is 25.2. The summed E-state index contributed by atoms with van der Waals surface area (Å²) in [6.45, 7) is 2.46. The van der Waals surface area contributed by atoms with Crippen molar-refractivity contribution < 1.29 is 23.8 Å². The number of rotatable bonds is 4. The Labute approximate surface area is 117 Å². The molecular formula is C14H19NO5. The molecule has 6 nitrogen and oxygen atoms in total. The minimum Gasteiger partial charge on any atom is -0.480 e. The van der Waals surface area contributed by atoms with E-state index < -0.39 is 12.0 Å². The van der Waals surface area contributed by atoms with Crippen LogP contribution in [0.15, 0.2) is 10.5 Å². The Morgan fingerprint density at radius 2 is 2.25 bits per heavy atom. The molecule has 1 aromatic rings. The van der Waals surface area contributed by atoms with Crippen molar-refractivity contribution >= 4 is 11.9 Å². The van der Waals surface area contributed by atoms with Crippen molar-refractivity contribution in [3.05, 3.63) is 23.2 Å². The van der Waals surface area contributed by atoms with E-state index in [1.165, 1.54) is 4.90 Å². The van der Waals surface area contributed by atoms with Gasteiger partial charge in [-0.15, -0.1) is 0 Å². The van der Waals surface area contributed by atoms with Gasteiger partial charge in [0.25, 0.3) is 5.91 Å². The molecule has 0 spiro atoms. The van der Waals surface area contributed by atoms with Gasteiger partial charge in [-0.2, -0.15) is 0 Å². The summed E-state index contributed by atoms with van der Waals surface area (Å²) in [5.41, 5.74) is 0.421. The lowest BCUT2D eigenvalue weighted by atomic mass is 10.0. The molecule has 1 fully saturated rings. The highest BCUT2D eigenvalue weighted by molar-refractivity contribution is 5.97. The number of aliphatic carboxylic acids is 1. The van der Waals surface area contributed by atoms with Gasteiger partial charge in [0.2, 0.25) is 0 Å². The minimum atomic E-state index is -0.948. The second-order valence-electron chi connectivity index (χ2n) is 4.96. The number of aryl methyl sites for hydroxylation is 1. The number of carboxylic acid groups (broad SMARTS) is 1. The quantitative estimate of drug-likeness (QED) is 0.910. The lowest BCUT2D eigenvalue weighted by Gasteiger charge is -2.32. The van der Waals surface area contributed by atoms with Crippen molar-refractivity contribution in [3.8, 4) is 0 Å². The Balaban J connectivity index is 2.22. The highest BCUT2D eigenvalue weighted by atomic mass is 16.5. The number of furan rings is 1. The zero-order chi connectivity index (χ0) is 14.7. The number of hydrogen-bond donors (Lipinski definition) is 1. The van der Waals surface area contributed by atoms with Gasteiger partial charge in [0.1, 0.15) is 24.2 Å². The van der Waals surface area contributed by atoms with Crippen LogP contribution in [0.2, 0.25) is 0 Å². The van der Waals surface area contributed by atoms with E-state index in [1.54, 1.807) is 20.1 Å². The number of carbonyl (C=O) groups excluding carboxylic acids is 1. The van der Waals surface area contributed by atoms with Crippen LogP contribution in [0.4, 0.5) is 0 Å². The summed E-state index contributed by atoms with van der Waals surface area (Å²) < 4.78 is 10.4. The van der Waals surface area contributed by atoms with E-state index in [0.29, 0.717) is 30.0 Å². The van der Waals surface area contributed by atoms with Crippen LogP contribution in [0.5, 0.6) is 0 Å². The first-order valence-corrected chi connectivity index (χ1v) is 6.66. The first-order valence-electron chi connectivity index (χ1n) is 6.66. The molecule has 0 bridgehead atoms. The Bertz CT molecular complexity index is 508. The maximum Gasteiger partial charge on any atom is 0.326 e. The van der Waals surface area contributed by atoms with E-state index in [1.807, 2.05) is 0 Å². The van der Waals surface area contributed by atoms with E-state index >= 15 is 0 Å². The van der Waals surface area contributed by atoms with Gasteiger partial charge in [-0.1, -0.05) is 0 Å². The Kier molecular flexibility index (Phi) is 4.44. The lowest BCUT2D eigenvalue weighted by molar-refractivity contribution is -0.143. The number of nitrogens with zero attached hydrogens (tertiary/aromatic N) is 1. The molecule has 0 saturated carbocycles. The van der Waals surface area contributed by atoms with Crippen LogP contribution in [-0.2, 0) is 16.1 Å². The van der Waals surface area contributed by atoms with Gasteiger partial charge in [0, 0.05) is 13.7 Å². The molecule has 2 rings (SSSR count). The maximum absolute atomic E-state index is 12.5. The molecule has 0 unspecified atom stereocenters. The topological polar surface area (TPSA) is 80.0 Å². The summed E-state index contributed by atoms with van der Waals surface area (Å²) >= 11 is 0. The maximum atomic E-state index is 12.5. The van der Waals surface area contributed by atoms with Crippen molar-refractivity contribution in [2.24, 2.45) is 0 Å². The van der Waals surface area contributed by atoms with E-state index in [-0.39, 0.29) is 12.5 Å². The van der Waals surface area contributed by atoms with Crippen molar-refractivity contribution in [1.29, 1.82) is 0 Å². The summed E-state index contributed by atoms with van der Waals surface area (Å²) in [5, 5.41) is 9.23. The molecule has 1 amide bonds. The third kappa shape index (κ3) is 2.85. The molecular weight excluding hydrogens is 262 g/mol. The summed E-state index contributed by atoms with van der Waals surface area (Å²) in [6.07, 6.45) is 2.17. The van der Waals surface area contributed by atoms with Gasteiger partial charge in [-0.3, -0.25) is 4.79 Å². The largest absolute Gasteiger partial charge is 0.480 e.